The maximum absolute atomic E-state index is 14.9. The maximum atomic E-state index is 14.9. The molecule has 32 heavy (non-hydrogen) atoms. The van der Waals surface area contributed by atoms with E-state index in [4.69, 9.17) is 11.0 Å². The summed E-state index contributed by atoms with van der Waals surface area (Å²) in [4.78, 5) is 17.0. The number of benzene rings is 1. The summed E-state index contributed by atoms with van der Waals surface area (Å²) in [5.74, 6) is -0.735. The highest BCUT2D eigenvalue weighted by atomic mass is 32.2. The van der Waals surface area contributed by atoms with E-state index in [0.29, 0.717) is 28.1 Å². The zero-order chi connectivity index (χ0) is 22.7. The van der Waals surface area contributed by atoms with Crippen molar-refractivity contribution in [2.45, 2.75) is 30.1 Å². The van der Waals surface area contributed by atoms with Gasteiger partial charge in [0.1, 0.15) is 23.7 Å². The summed E-state index contributed by atoms with van der Waals surface area (Å²) in [6.07, 6.45) is 0.341. The summed E-state index contributed by atoms with van der Waals surface area (Å²) in [5, 5.41) is 12.2. The van der Waals surface area contributed by atoms with Crippen molar-refractivity contribution in [2.24, 2.45) is 16.6 Å². The zero-order valence-corrected chi connectivity index (χ0v) is 17.5. The normalized spacial score (nSPS) is 26.4. The number of pyridine rings is 1. The molecule has 1 aliphatic carbocycles. The number of rotatable bonds is 4. The molecule has 7 nitrogen and oxygen atoms in total. The lowest BCUT2D eigenvalue weighted by molar-refractivity contribution is 0.124. The number of fused-ring (bicyclic) bond motifs is 2. The highest BCUT2D eigenvalue weighted by Crippen LogP contribution is 2.68. The summed E-state index contributed by atoms with van der Waals surface area (Å²) >= 11 is 0.876. The molecule has 3 heterocycles. The number of nitriles is 1. The lowest BCUT2D eigenvalue weighted by atomic mass is 9.85. The minimum absolute atomic E-state index is 0.0265. The van der Waals surface area contributed by atoms with Crippen LogP contribution in [0.25, 0.3) is 11.0 Å². The molecule has 0 spiro atoms. The fraction of sp³-hybridized carbons (Fsp3) is 0.286. The van der Waals surface area contributed by atoms with Crippen LogP contribution in [0.5, 0.6) is 0 Å². The molecule has 162 valence electrons. The SMILES string of the molecule is C[C@]1(c2cc(Nc3ncnc4cc(C#N)cnc34)ccc2F)N=C(N)S[C@@]2(C(F)F)C[C@@H]12. The van der Waals surface area contributed by atoms with Crippen molar-refractivity contribution in [1.29, 1.82) is 5.26 Å². The Balaban J connectivity index is 1.54. The van der Waals surface area contributed by atoms with E-state index in [1.54, 1.807) is 13.0 Å². The monoisotopic (exact) mass is 455 g/mol. The van der Waals surface area contributed by atoms with Gasteiger partial charge < -0.3 is 11.1 Å². The first-order valence-corrected chi connectivity index (χ1v) is 10.5. The van der Waals surface area contributed by atoms with Crippen molar-refractivity contribution < 1.29 is 13.2 Å². The Morgan fingerprint density at radius 3 is 2.84 bits per heavy atom. The fourth-order valence-electron chi connectivity index (χ4n) is 4.33. The van der Waals surface area contributed by atoms with Gasteiger partial charge in [-0.05, 0) is 37.6 Å². The van der Waals surface area contributed by atoms with Crippen LogP contribution >= 0.6 is 11.8 Å². The highest BCUT2D eigenvalue weighted by molar-refractivity contribution is 8.15. The van der Waals surface area contributed by atoms with Crippen molar-refractivity contribution in [1.82, 2.24) is 15.0 Å². The minimum Gasteiger partial charge on any atom is -0.378 e. The lowest BCUT2D eigenvalue weighted by Gasteiger charge is -2.34. The third-order valence-electron chi connectivity index (χ3n) is 6.02. The van der Waals surface area contributed by atoms with Gasteiger partial charge in [0.2, 0.25) is 0 Å². The van der Waals surface area contributed by atoms with Crippen LogP contribution < -0.4 is 11.1 Å². The minimum atomic E-state index is -2.59. The molecule has 2 aliphatic rings. The van der Waals surface area contributed by atoms with Crippen LogP contribution in [0.3, 0.4) is 0 Å². The zero-order valence-electron chi connectivity index (χ0n) is 16.7. The molecule has 11 heteroatoms. The molecule has 5 rings (SSSR count). The summed E-state index contributed by atoms with van der Waals surface area (Å²) in [6.45, 7) is 1.64. The van der Waals surface area contributed by atoms with Gasteiger partial charge in [-0.3, -0.25) is 4.99 Å². The highest BCUT2D eigenvalue weighted by Gasteiger charge is 2.71. The molecule has 3 aromatic rings. The summed E-state index contributed by atoms with van der Waals surface area (Å²) in [7, 11) is 0. The predicted octanol–water partition coefficient (Wildman–Crippen LogP) is 4.08. The van der Waals surface area contributed by atoms with Gasteiger partial charge in [-0.15, -0.1) is 0 Å². The first-order valence-electron chi connectivity index (χ1n) is 9.67. The van der Waals surface area contributed by atoms with Gasteiger partial charge in [-0.25, -0.2) is 28.1 Å². The van der Waals surface area contributed by atoms with Crippen LogP contribution in [0.4, 0.5) is 24.7 Å². The first kappa shape index (κ1) is 20.5. The topological polar surface area (TPSA) is 113 Å². The van der Waals surface area contributed by atoms with Crippen molar-refractivity contribution >= 4 is 39.5 Å². The van der Waals surface area contributed by atoms with E-state index in [9.17, 15) is 13.2 Å². The number of halogens is 3. The molecular weight excluding hydrogens is 439 g/mol. The average molecular weight is 455 g/mol. The van der Waals surface area contributed by atoms with E-state index >= 15 is 0 Å². The number of alkyl halides is 2. The number of anilines is 2. The largest absolute Gasteiger partial charge is 0.378 e. The second kappa shape index (κ2) is 7.06. The third kappa shape index (κ3) is 3.05. The van der Waals surface area contributed by atoms with Crippen LogP contribution in [0.1, 0.15) is 24.5 Å². The molecule has 3 atom stereocenters. The summed E-state index contributed by atoms with van der Waals surface area (Å²) in [6, 6.07) is 7.89. The molecule has 0 bridgehead atoms. The van der Waals surface area contributed by atoms with Gasteiger partial charge in [0.15, 0.2) is 11.0 Å². The Labute approximate surface area is 185 Å². The Bertz CT molecular complexity index is 1320. The summed E-state index contributed by atoms with van der Waals surface area (Å²) in [5.41, 5.74) is 6.57. The van der Waals surface area contributed by atoms with Crippen LogP contribution in [-0.2, 0) is 5.54 Å². The molecule has 0 saturated heterocycles. The number of amidine groups is 1. The van der Waals surface area contributed by atoms with Crippen molar-refractivity contribution in [3.63, 3.8) is 0 Å². The average Bonchev–Trinajstić information content (AvgIpc) is 3.52. The molecule has 0 unspecified atom stereocenters. The fourth-order valence-corrected chi connectivity index (χ4v) is 5.67. The number of hydrogen-bond donors (Lipinski definition) is 2. The van der Waals surface area contributed by atoms with Gasteiger partial charge in [0.05, 0.1) is 21.4 Å². The third-order valence-corrected chi connectivity index (χ3v) is 7.33. The van der Waals surface area contributed by atoms with E-state index in [1.807, 2.05) is 6.07 Å². The van der Waals surface area contributed by atoms with E-state index in [-0.39, 0.29) is 17.2 Å². The molecule has 0 amide bonds. The van der Waals surface area contributed by atoms with Gasteiger partial charge in [-0.2, -0.15) is 5.26 Å². The van der Waals surface area contributed by atoms with Crippen molar-refractivity contribution in [3.8, 4) is 6.07 Å². The van der Waals surface area contributed by atoms with Crippen LogP contribution in [0, 0.1) is 23.1 Å². The molecule has 1 aromatic carbocycles. The standard InChI is InChI=1S/C21H16F3N7S/c1-20(15-6-21(15,18(23)24)32-19(26)31-20)12-5-11(2-3-13(12)22)30-17-16-14(28-9-29-17)4-10(7-25)8-27-16/h2-5,8-9,15,18H,6H2,1H3,(H2,26,31)(H,28,29,30)/t15-,20+,21-/m0/s1. The van der Waals surface area contributed by atoms with Crippen LogP contribution in [0.15, 0.2) is 41.8 Å². The van der Waals surface area contributed by atoms with Crippen LogP contribution in [0.2, 0.25) is 0 Å². The number of aromatic nitrogens is 3. The second-order valence-electron chi connectivity index (χ2n) is 7.96. The van der Waals surface area contributed by atoms with E-state index in [1.165, 1.54) is 30.7 Å². The second-order valence-corrected chi connectivity index (χ2v) is 9.34. The Morgan fingerprint density at radius 1 is 1.28 bits per heavy atom. The molecule has 3 N–H and O–H groups in total. The lowest BCUT2D eigenvalue weighted by Crippen LogP contribution is -2.38. The number of nitrogens with zero attached hydrogens (tertiary/aromatic N) is 5. The quantitative estimate of drug-likeness (QED) is 0.609. The number of hydrogen-bond acceptors (Lipinski definition) is 8. The van der Waals surface area contributed by atoms with Gasteiger partial charge in [-0.1, -0.05) is 11.8 Å². The molecule has 0 radical (unpaired) electrons. The first-order chi connectivity index (χ1) is 15.3. The van der Waals surface area contributed by atoms with Crippen molar-refractivity contribution in [3.05, 3.63) is 53.7 Å². The van der Waals surface area contributed by atoms with Gasteiger partial charge in [0, 0.05) is 23.4 Å². The molecule has 1 fully saturated rings. The van der Waals surface area contributed by atoms with E-state index in [2.05, 4.69) is 25.3 Å². The Kier molecular flexibility index (Phi) is 4.53. The molecular formula is C21H16F3N7S. The van der Waals surface area contributed by atoms with Crippen LogP contribution in [-0.4, -0.2) is 31.3 Å². The summed E-state index contributed by atoms with van der Waals surface area (Å²) < 4.78 is 41.1. The number of nitrogens with one attached hydrogen (secondary N) is 1. The van der Waals surface area contributed by atoms with E-state index in [0.717, 1.165) is 11.8 Å². The smallest absolute Gasteiger partial charge is 0.253 e. The van der Waals surface area contributed by atoms with Gasteiger partial charge >= 0.3 is 0 Å². The number of aliphatic imine (C=N–C) groups is 1. The van der Waals surface area contributed by atoms with Gasteiger partial charge in [0.25, 0.3) is 6.43 Å². The maximum Gasteiger partial charge on any atom is 0.253 e. The number of thioether (sulfide) groups is 1. The number of nitrogens with two attached hydrogens (primary N) is 1. The van der Waals surface area contributed by atoms with Crippen molar-refractivity contribution in [2.75, 3.05) is 5.32 Å². The Morgan fingerprint density at radius 2 is 2.09 bits per heavy atom. The molecule has 2 aromatic heterocycles. The molecule has 1 aliphatic heterocycles. The Hall–Kier alpha value is -3.39. The molecule has 1 saturated carbocycles. The predicted molar refractivity (Wildman–Crippen MR) is 115 cm³/mol. The van der Waals surface area contributed by atoms with E-state index < -0.39 is 28.4 Å².